The summed E-state index contributed by atoms with van der Waals surface area (Å²) in [6, 6.07) is 22.4. The number of carbonyl (C=O) groups is 3. The van der Waals surface area contributed by atoms with E-state index < -0.39 is 17.8 Å². The molecular formula is C31H21BrFNO6. The maximum Gasteiger partial charge on any atom is 0.336 e. The number of hydrogen-bond acceptors (Lipinski definition) is 6. The predicted octanol–water partition coefficient (Wildman–Crippen LogP) is 6.60. The molecule has 0 aromatic heterocycles. The van der Waals surface area contributed by atoms with Crippen molar-refractivity contribution in [1.82, 2.24) is 0 Å². The van der Waals surface area contributed by atoms with Gasteiger partial charge in [0.25, 0.3) is 11.8 Å². The van der Waals surface area contributed by atoms with Gasteiger partial charge in [-0.15, -0.1) is 0 Å². The second-order valence-corrected chi connectivity index (χ2v) is 9.51. The zero-order valence-electron chi connectivity index (χ0n) is 21.1. The molecule has 0 bridgehead atoms. The van der Waals surface area contributed by atoms with Gasteiger partial charge in [-0.1, -0.05) is 30.3 Å². The van der Waals surface area contributed by atoms with Crippen molar-refractivity contribution in [1.29, 1.82) is 0 Å². The number of hydrogen-bond donors (Lipinski definition) is 0. The first-order valence-corrected chi connectivity index (χ1v) is 12.9. The summed E-state index contributed by atoms with van der Waals surface area (Å²) in [7, 11) is 1.48. The number of nitrogens with zero attached hydrogens (tertiary/aromatic N) is 1. The lowest BCUT2D eigenvalue weighted by Crippen LogP contribution is -2.29. The molecule has 0 radical (unpaired) electrons. The number of fused-ring (bicyclic) bond motifs is 1. The number of benzene rings is 4. The van der Waals surface area contributed by atoms with Gasteiger partial charge >= 0.3 is 5.97 Å². The molecule has 0 atom stereocenters. The predicted molar refractivity (Wildman–Crippen MR) is 150 cm³/mol. The molecule has 1 aliphatic heterocycles. The molecule has 1 heterocycles. The highest BCUT2D eigenvalue weighted by atomic mass is 79.9. The van der Waals surface area contributed by atoms with Crippen LogP contribution in [0.1, 0.15) is 31.8 Å². The summed E-state index contributed by atoms with van der Waals surface area (Å²) < 4.78 is 31.1. The fraction of sp³-hybridized carbons (Fsp3) is 0.0645. The van der Waals surface area contributed by atoms with E-state index in [9.17, 15) is 18.8 Å². The van der Waals surface area contributed by atoms with Crippen LogP contribution in [0.2, 0.25) is 0 Å². The summed E-state index contributed by atoms with van der Waals surface area (Å²) >= 11 is 3.44. The number of carbonyl (C=O) groups excluding carboxylic acids is 3. The van der Waals surface area contributed by atoms with Crippen molar-refractivity contribution in [3.05, 3.63) is 124 Å². The van der Waals surface area contributed by atoms with Crippen LogP contribution in [0.3, 0.4) is 0 Å². The summed E-state index contributed by atoms with van der Waals surface area (Å²) in [6.07, 6.45) is 2.79. The molecule has 9 heteroatoms. The minimum Gasteiger partial charge on any atom is -0.493 e. The van der Waals surface area contributed by atoms with Crippen LogP contribution in [0.4, 0.5) is 10.1 Å². The Bertz CT molecular complexity index is 1620. The van der Waals surface area contributed by atoms with Crippen LogP contribution in [0.5, 0.6) is 17.2 Å². The Morgan fingerprint density at radius 1 is 0.925 bits per heavy atom. The Morgan fingerprint density at radius 3 is 2.23 bits per heavy atom. The molecule has 0 N–H and O–H groups in total. The van der Waals surface area contributed by atoms with Gasteiger partial charge in [-0.2, -0.15) is 0 Å². The number of esters is 1. The number of anilines is 1. The number of rotatable bonds is 8. The Labute approximate surface area is 237 Å². The van der Waals surface area contributed by atoms with Crippen molar-refractivity contribution in [2.75, 3.05) is 12.0 Å². The second-order valence-electron chi connectivity index (χ2n) is 8.65. The number of imide groups is 1. The molecule has 4 aromatic rings. The van der Waals surface area contributed by atoms with E-state index in [1.165, 1.54) is 43.5 Å². The lowest BCUT2D eigenvalue weighted by Gasteiger charge is -2.14. The summed E-state index contributed by atoms with van der Waals surface area (Å²) in [5, 5.41) is 0. The van der Waals surface area contributed by atoms with Gasteiger partial charge in [0.15, 0.2) is 11.5 Å². The molecular weight excluding hydrogens is 581 g/mol. The standard InChI is InChI=1S/C31H21BrFNO6/c1-38-27-17-19(16-25(32)29(27)39-18-20-6-2-5-9-26(20)33)10-15-28(35)40-22-13-11-21(12-14-22)34-30(36)23-7-3-4-8-24(23)31(34)37/h2-17H,18H2,1H3/b15-10+. The molecule has 1 aliphatic rings. The van der Waals surface area contributed by atoms with Gasteiger partial charge in [0, 0.05) is 11.6 Å². The van der Waals surface area contributed by atoms with Crippen molar-refractivity contribution in [3.63, 3.8) is 0 Å². The molecule has 2 amide bonds. The molecule has 4 aromatic carbocycles. The topological polar surface area (TPSA) is 82.1 Å². The fourth-order valence-electron chi connectivity index (χ4n) is 4.14. The first-order chi connectivity index (χ1) is 19.4. The highest BCUT2D eigenvalue weighted by Gasteiger charge is 2.36. The van der Waals surface area contributed by atoms with Crippen LogP contribution in [0.25, 0.3) is 6.08 Å². The minimum absolute atomic E-state index is 0.00888. The van der Waals surface area contributed by atoms with E-state index in [2.05, 4.69) is 15.9 Å². The van der Waals surface area contributed by atoms with E-state index in [-0.39, 0.29) is 18.2 Å². The van der Waals surface area contributed by atoms with Gasteiger partial charge in [0.05, 0.1) is 28.4 Å². The van der Waals surface area contributed by atoms with E-state index >= 15 is 0 Å². The number of ether oxygens (including phenoxy) is 3. The Balaban J connectivity index is 1.23. The zero-order valence-corrected chi connectivity index (χ0v) is 22.7. The highest BCUT2D eigenvalue weighted by molar-refractivity contribution is 9.10. The third-order valence-corrected chi connectivity index (χ3v) is 6.69. The molecule has 40 heavy (non-hydrogen) atoms. The fourth-order valence-corrected chi connectivity index (χ4v) is 4.72. The Hall–Kier alpha value is -4.76. The Kier molecular flexibility index (Phi) is 7.75. The van der Waals surface area contributed by atoms with Crippen LogP contribution in [0, 0.1) is 5.82 Å². The summed E-state index contributed by atoms with van der Waals surface area (Å²) in [6.45, 7) is 0.00888. The number of halogens is 2. The first-order valence-electron chi connectivity index (χ1n) is 12.1. The largest absolute Gasteiger partial charge is 0.493 e. The lowest BCUT2D eigenvalue weighted by molar-refractivity contribution is -0.128. The van der Waals surface area contributed by atoms with Crippen molar-refractivity contribution in [3.8, 4) is 17.2 Å². The van der Waals surface area contributed by atoms with Crippen LogP contribution >= 0.6 is 15.9 Å². The van der Waals surface area contributed by atoms with Gasteiger partial charge in [0.1, 0.15) is 18.2 Å². The van der Waals surface area contributed by atoms with E-state index in [0.29, 0.717) is 43.9 Å². The monoisotopic (exact) mass is 601 g/mol. The second kappa shape index (κ2) is 11.5. The van der Waals surface area contributed by atoms with Crippen LogP contribution < -0.4 is 19.1 Å². The van der Waals surface area contributed by atoms with Gasteiger partial charge in [-0.05, 0) is 82.2 Å². The lowest BCUT2D eigenvalue weighted by atomic mass is 10.1. The van der Waals surface area contributed by atoms with Gasteiger partial charge < -0.3 is 14.2 Å². The zero-order chi connectivity index (χ0) is 28.2. The quantitative estimate of drug-likeness (QED) is 0.0980. The van der Waals surface area contributed by atoms with Gasteiger partial charge in [-0.3, -0.25) is 9.59 Å². The average molecular weight is 602 g/mol. The van der Waals surface area contributed by atoms with Gasteiger partial charge in [-0.25, -0.2) is 14.1 Å². The molecule has 0 saturated heterocycles. The van der Waals surface area contributed by atoms with Crippen molar-refractivity contribution in [2.24, 2.45) is 0 Å². The maximum absolute atomic E-state index is 13.9. The smallest absolute Gasteiger partial charge is 0.336 e. The van der Waals surface area contributed by atoms with Crippen LogP contribution in [0.15, 0.2) is 95.5 Å². The first kappa shape index (κ1) is 26.8. The van der Waals surface area contributed by atoms with Gasteiger partial charge in [0.2, 0.25) is 0 Å². The Morgan fingerprint density at radius 2 is 1.57 bits per heavy atom. The number of methoxy groups -OCH3 is 1. The van der Waals surface area contributed by atoms with Crippen molar-refractivity contribution < 1.29 is 33.0 Å². The molecule has 0 aliphatic carbocycles. The van der Waals surface area contributed by atoms with E-state index in [1.807, 2.05) is 0 Å². The highest BCUT2D eigenvalue weighted by Crippen LogP contribution is 2.38. The maximum atomic E-state index is 13.9. The van der Waals surface area contributed by atoms with Crippen LogP contribution in [-0.2, 0) is 11.4 Å². The van der Waals surface area contributed by atoms with Crippen molar-refractivity contribution >= 4 is 45.5 Å². The molecule has 0 fully saturated rings. The molecule has 200 valence electrons. The van der Waals surface area contributed by atoms with Crippen molar-refractivity contribution in [2.45, 2.75) is 6.61 Å². The molecule has 5 rings (SSSR count). The molecule has 0 saturated carbocycles. The number of amides is 2. The molecule has 7 nitrogen and oxygen atoms in total. The SMILES string of the molecule is COc1cc(/C=C/C(=O)Oc2ccc(N3C(=O)c4ccccc4C3=O)cc2)cc(Br)c1OCc1ccccc1F. The normalized spacial score (nSPS) is 12.5. The summed E-state index contributed by atoms with van der Waals surface area (Å²) in [5.41, 5.74) is 2.10. The van der Waals surface area contributed by atoms with E-state index in [4.69, 9.17) is 14.2 Å². The molecule has 0 unspecified atom stereocenters. The van der Waals surface area contributed by atoms with E-state index in [0.717, 1.165) is 4.90 Å². The summed E-state index contributed by atoms with van der Waals surface area (Å²) in [5.74, 6) is -0.786. The average Bonchev–Trinajstić information content (AvgIpc) is 3.22. The third-order valence-electron chi connectivity index (χ3n) is 6.10. The summed E-state index contributed by atoms with van der Waals surface area (Å²) in [4.78, 5) is 38.9. The molecule has 0 spiro atoms. The third kappa shape index (κ3) is 5.50. The van der Waals surface area contributed by atoms with E-state index in [1.54, 1.807) is 60.7 Å². The minimum atomic E-state index is -0.636. The van der Waals surface area contributed by atoms with Crippen LogP contribution in [-0.4, -0.2) is 24.9 Å².